The average molecular weight is 457 g/mol. The minimum atomic E-state index is -1.21. The van der Waals surface area contributed by atoms with Crippen LogP contribution in [0.1, 0.15) is 32.4 Å². The number of carbonyl (C=O) groups excluding carboxylic acids is 3. The summed E-state index contributed by atoms with van der Waals surface area (Å²) in [4.78, 5) is 55.1. The van der Waals surface area contributed by atoms with Crippen molar-refractivity contribution in [2.45, 2.75) is 51.2 Å². The molecule has 31 heavy (non-hydrogen) atoms. The molecule has 0 aliphatic heterocycles. The second-order valence-electron chi connectivity index (χ2n) is 7.22. The third-order valence-electron chi connectivity index (χ3n) is 4.80. The second kappa shape index (κ2) is 13.7. The molecular weight excluding hydrogens is 424 g/mol. The van der Waals surface area contributed by atoms with Crippen LogP contribution in [0.15, 0.2) is 12.5 Å². The SMILES string of the molecule is CCC(C)C(NC(=O)C(N)CCSC)C(=O)NCC(=O)NC(Cc1cnc[nH]1)C(=O)O. The van der Waals surface area contributed by atoms with Gasteiger partial charge in [-0.1, -0.05) is 20.3 Å². The van der Waals surface area contributed by atoms with Crippen LogP contribution in [0.4, 0.5) is 0 Å². The molecule has 4 atom stereocenters. The van der Waals surface area contributed by atoms with Gasteiger partial charge < -0.3 is 31.8 Å². The number of aromatic amines is 1. The molecule has 0 aliphatic rings. The number of aliphatic carboxylic acids is 1. The van der Waals surface area contributed by atoms with Crippen LogP contribution in [0.2, 0.25) is 0 Å². The van der Waals surface area contributed by atoms with Gasteiger partial charge in [0, 0.05) is 18.3 Å². The van der Waals surface area contributed by atoms with Crippen molar-refractivity contribution in [3.63, 3.8) is 0 Å². The number of aromatic nitrogens is 2. The van der Waals surface area contributed by atoms with Crippen LogP contribution >= 0.6 is 11.8 Å². The number of amides is 3. The highest BCUT2D eigenvalue weighted by Gasteiger charge is 2.28. The third-order valence-corrected chi connectivity index (χ3v) is 5.44. The Labute approximate surface area is 185 Å². The van der Waals surface area contributed by atoms with E-state index in [4.69, 9.17) is 5.73 Å². The minimum Gasteiger partial charge on any atom is -0.480 e. The van der Waals surface area contributed by atoms with Crippen molar-refractivity contribution in [2.75, 3.05) is 18.6 Å². The van der Waals surface area contributed by atoms with E-state index in [1.54, 1.807) is 11.8 Å². The topological polar surface area (TPSA) is 179 Å². The van der Waals surface area contributed by atoms with Gasteiger partial charge in [0.15, 0.2) is 0 Å². The summed E-state index contributed by atoms with van der Waals surface area (Å²) in [6, 6.07) is -2.76. The van der Waals surface area contributed by atoms with Crippen LogP contribution in [0.25, 0.3) is 0 Å². The Morgan fingerprint density at radius 2 is 1.97 bits per heavy atom. The zero-order valence-electron chi connectivity index (χ0n) is 18.0. The molecule has 0 radical (unpaired) electrons. The summed E-state index contributed by atoms with van der Waals surface area (Å²) in [6.45, 7) is 3.26. The number of rotatable bonds is 14. The molecule has 4 unspecified atom stereocenters. The molecule has 0 fully saturated rings. The number of H-pyrrole nitrogens is 1. The maximum atomic E-state index is 12.6. The zero-order chi connectivity index (χ0) is 23.4. The lowest BCUT2D eigenvalue weighted by Gasteiger charge is -2.25. The van der Waals surface area contributed by atoms with Crippen molar-refractivity contribution >= 4 is 35.5 Å². The molecule has 7 N–H and O–H groups in total. The fourth-order valence-corrected chi connectivity index (χ4v) is 3.17. The van der Waals surface area contributed by atoms with Crippen molar-refractivity contribution in [3.05, 3.63) is 18.2 Å². The number of nitrogens with zero attached hydrogens (tertiary/aromatic N) is 1. The van der Waals surface area contributed by atoms with E-state index in [0.717, 1.165) is 5.75 Å². The van der Waals surface area contributed by atoms with E-state index in [-0.39, 0.29) is 12.3 Å². The van der Waals surface area contributed by atoms with E-state index >= 15 is 0 Å². The zero-order valence-corrected chi connectivity index (χ0v) is 18.8. The lowest BCUT2D eigenvalue weighted by molar-refractivity contribution is -0.141. The number of hydrogen-bond acceptors (Lipinski definition) is 7. The van der Waals surface area contributed by atoms with Gasteiger partial charge in [0.05, 0.1) is 18.9 Å². The number of imidazole rings is 1. The Morgan fingerprint density at radius 1 is 1.26 bits per heavy atom. The van der Waals surface area contributed by atoms with E-state index in [1.807, 2.05) is 20.1 Å². The quantitative estimate of drug-likeness (QED) is 0.211. The molecule has 1 aromatic rings. The standard InChI is InChI=1S/C19H32N6O5S/c1-4-11(2)16(25-17(27)13(20)5-6-31-3)18(28)22-9-15(26)24-14(19(29)30)7-12-8-21-10-23-12/h8,10-11,13-14,16H,4-7,9,20H2,1-3H3,(H,21,23)(H,22,28)(H,24,26)(H,25,27)(H,29,30). The monoisotopic (exact) mass is 456 g/mol. The van der Waals surface area contributed by atoms with Gasteiger partial charge in [0.25, 0.3) is 0 Å². The maximum Gasteiger partial charge on any atom is 0.326 e. The van der Waals surface area contributed by atoms with Crippen molar-refractivity contribution < 1.29 is 24.3 Å². The van der Waals surface area contributed by atoms with Crippen molar-refractivity contribution in [2.24, 2.45) is 11.7 Å². The highest BCUT2D eigenvalue weighted by atomic mass is 32.2. The fourth-order valence-electron chi connectivity index (χ4n) is 2.68. The molecule has 0 bridgehead atoms. The molecule has 1 heterocycles. The number of nitrogens with one attached hydrogen (secondary N) is 4. The van der Waals surface area contributed by atoms with E-state index in [1.165, 1.54) is 12.5 Å². The molecule has 0 saturated carbocycles. The molecule has 3 amide bonds. The van der Waals surface area contributed by atoms with Gasteiger partial charge in [-0.15, -0.1) is 0 Å². The summed E-state index contributed by atoms with van der Waals surface area (Å²) in [7, 11) is 0. The number of thioether (sulfide) groups is 1. The van der Waals surface area contributed by atoms with Crippen molar-refractivity contribution in [3.8, 4) is 0 Å². The molecule has 0 aliphatic carbocycles. The van der Waals surface area contributed by atoms with Crippen LogP contribution < -0.4 is 21.7 Å². The van der Waals surface area contributed by atoms with Crippen molar-refractivity contribution in [1.82, 2.24) is 25.9 Å². The van der Waals surface area contributed by atoms with Gasteiger partial charge in [-0.25, -0.2) is 9.78 Å². The molecule has 1 aromatic heterocycles. The Hall–Kier alpha value is -2.60. The van der Waals surface area contributed by atoms with Gasteiger partial charge in [-0.2, -0.15) is 11.8 Å². The Balaban J connectivity index is 2.63. The first kappa shape index (κ1) is 26.4. The van der Waals surface area contributed by atoms with Gasteiger partial charge in [0.1, 0.15) is 12.1 Å². The van der Waals surface area contributed by atoms with E-state index in [0.29, 0.717) is 18.5 Å². The second-order valence-corrected chi connectivity index (χ2v) is 8.20. The summed E-state index contributed by atoms with van der Waals surface area (Å²) < 4.78 is 0. The van der Waals surface area contributed by atoms with E-state index in [2.05, 4.69) is 25.9 Å². The molecule has 12 heteroatoms. The largest absolute Gasteiger partial charge is 0.480 e. The number of nitrogens with two attached hydrogens (primary N) is 1. The van der Waals surface area contributed by atoms with Gasteiger partial charge in [-0.3, -0.25) is 14.4 Å². The Morgan fingerprint density at radius 3 is 2.52 bits per heavy atom. The van der Waals surface area contributed by atoms with Gasteiger partial charge in [0.2, 0.25) is 17.7 Å². The number of carboxylic acids is 1. The third kappa shape index (κ3) is 9.39. The molecule has 1 rings (SSSR count). The molecule has 0 saturated heterocycles. The smallest absolute Gasteiger partial charge is 0.326 e. The molecule has 174 valence electrons. The summed E-state index contributed by atoms with van der Waals surface area (Å²) in [5.74, 6) is -2.30. The predicted octanol–water partition coefficient (Wildman–Crippen LogP) is -0.751. The minimum absolute atomic E-state index is 0.0223. The Bertz CT molecular complexity index is 729. The van der Waals surface area contributed by atoms with E-state index < -0.39 is 48.4 Å². The summed E-state index contributed by atoms with van der Waals surface area (Å²) in [5.41, 5.74) is 6.42. The van der Waals surface area contributed by atoms with Crippen LogP contribution in [0.5, 0.6) is 0 Å². The van der Waals surface area contributed by atoms with Crippen molar-refractivity contribution in [1.29, 1.82) is 0 Å². The highest BCUT2D eigenvalue weighted by Crippen LogP contribution is 2.09. The molecule has 0 aromatic carbocycles. The average Bonchev–Trinajstić information content (AvgIpc) is 3.25. The molecule has 0 spiro atoms. The fraction of sp³-hybridized carbons (Fsp3) is 0.632. The van der Waals surface area contributed by atoms with Crippen LogP contribution in [0.3, 0.4) is 0 Å². The predicted molar refractivity (Wildman–Crippen MR) is 117 cm³/mol. The maximum absolute atomic E-state index is 12.6. The van der Waals surface area contributed by atoms with Crippen LogP contribution in [-0.4, -0.2) is 75.4 Å². The first-order valence-corrected chi connectivity index (χ1v) is 11.4. The summed E-state index contributed by atoms with van der Waals surface area (Å²) in [5, 5.41) is 16.8. The first-order valence-electron chi connectivity index (χ1n) is 10.0. The normalized spacial score (nSPS) is 14.7. The first-order chi connectivity index (χ1) is 14.7. The number of carbonyl (C=O) groups is 4. The lowest BCUT2D eigenvalue weighted by atomic mass is 9.97. The van der Waals surface area contributed by atoms with Gasteiger partial charge in [-0.05, 0) is 24.3 Å². The highest BCUT2D eigenvalue weighted by molar-refractivity contribution is 7.98. The van der Waals surface area contributed by atoms with Gasteiger partial charge >= 0.3 is 5.97 Å². The van der Waals surface area contributed by atoms with Crippen LogP contribution in [-0.2, 0) is 25.6 Å². The Kier molecular flexibility index (Phi) is 11.6. The molecule has 11 nitrogen and oxygen atoms in total. The summed E-state index contributed by atoms with van der Waals surface area (Å²) >= 11 is 1.57. The van der Waals surface area contributed by atoms with E-state index in [9.17, 15) is 24.3 Å². The summed E-state index contributed by atoms with van der Waals surface area (Å²) in [6.07, 6.45) is 5.91. The number of hydrogen-bond donors (Lipinski definition) is 6. The lowest BCUT2D eigenvalue weighted by Crippen LogP contribution is -2.55. The molecular formula is C19H32N6O5S. The van der Waals surface area contributed by atoms with Crippen LogP contribution in [0, 0.1) is 5.92 Å². The number of carboxylic acid groups (broad SMARTS) is 1.